The zero-order valence-corrected chi connectivity index (χ0v) is 6.16. The van der Waals surface area contributed by atoms with Crippen LogP contribution in [0.1, 0.15) is 19.3 Å². The third kappa shape index (κ3) is 1.08. The Bertz CT molecular complexity index is 142. The first-order valence-electron chi connectivity index (χ1n) is 4.12. The van der Waals surface area contributed by atoms with Crippen molar-refractivity contribution in [2.45, 2.75) is 25.3 Å². The minimum Gasteiger partial charge on any atom is -0.293 e. The van der Waals surface area contributed by atoms with Crippen LogP contribution in [0, 0.1) is 5.92 Å². The van der Waals surface area contributed by atoms with E-state index in [4.69, 9.17) is 0 Å². The van der Waals surface area contributed by atoms with Crippen molar-refractivity contribution >= 4 is 6.21 Å². The van der Waals surface area contributed by atoms with Gasteiger partial charge in [0.25, 0.3) is 0 Å². The summed E-state index contributed by atoms with van der Waals surface area (Å²) in [4.78, 5) is 4.43. The first kappa shape index (κ1) is 6.35. The van der Waals surface area contributed by atoms with Gasteiger partial charge < -0.3 is 0 Å². The number of aliphatic imine (C=N–C) groups is 1. The van der Waals surface area contributed by atoms with Gasteiger partial charge in [-0.15, -0.1) is 0 Å². The third-order valence-electron chi connectivity index (χ3n) is 2.48. The predicted molar refractivity (Wildman–Crippen MR) is 41.5 cm³/mol. The van der Waals surface area contributed by atoms with Gasteiger partial charge in [-0.2, -0.15) is 0 Å². The molecular formula is C8H13N2. The summed E-state index contributed by atoms with van der Waals surface area (Å²) in [6.07, 6.45) is 5.90. The molecule has 0 aromatic heterocycles. The number of hydrogen-bond donors (Lipinski definition) is 0. The standard InChI is InChI=1S/C8H13N2/c1-2-7-3-5-9-6-8(7)10-4-1/h4,7-8H,1-3,5-6H2. The molecule has 2 nitrogen and oxygen atoms in total. The Morgan fingerprint density at radius 1 is 1.30 bits per heavy atom. The maximum atomic E-state index is 4.43. The summed E-state index contributed by atoms with van der Waals surface area (Å²) >= 11 is 0. The van der Waals surface area contributed by atoms with Gasteiger partial charge in [0.05, 0.1) is 6.04 Å². The third-order valence-corrected chi connectivity index (χ3v) is 2.48. The molecule has 10 heavy (non-hydrogen) atoms. The lowest BCUT2D eigenvalue weighted by Gasteiger charge is -2.30. The van der Waals surface area contributed by atoms with Crippen LogP contribution in [-0.2, 0) is 0 Å². The molecule has 55 valence electrons. The first-order valence-corrected chi connectivity index (χ1v) is 4.12. The Kier molecular flexibility index (Phi) is 1.72. The first-order chi connectivity index (χ1) is 4.97. The summed E-state index contributed by atoms with van der Waals surface area (Å²) in [6, 6.07) is 0.558. The lowest BCUT2D eigenvalue weighted by Crippen LogP contribution is -2.37. The lowest BCUT2D eigenvalue weighted by atomic mass is 9.87. The highest BCUT2D eigenvalue weighted by Crippen LogP contribution is 2.23. The average Bonchev–Trinajstić information content (AvgIpc) is 2.05. The molecule has 2 rings (SSSR count). The number of piperidine rings is 1. The fourth-order valence-electron chi connectivity index (χ4n) is 1.83. The van der Waals surface area contributed by atoms with Crippen LogP contribution in [0.4, 0.5) is 0 Å². The normalized spacial score (nSPS) is 39.2. The van der Waals surface area contributed by atoms with Crippen LogP contribution in [0.15, 0.2) is 4.99 Å². The van der Waals surface area contributed by atoms with Gasteiger partial charge in [0.1, 0.15) is 0 Å². The quantitative estimate of drug-likeness (QED) is 0.473. The van der Waals surface area contributed by atoms with E-state index < -0.39 is 0 Å². The molecule has 1 saturated heterocycles. The van der Waals surface area contributed by atoms with E-state index in [9.17, 15) is 0 Å². The molecule has 0 bridgehead atoms. The number of fused-ring (bicyclic) bond motifs is 1. The molecule has 1 radical (unpaired) electrons. The van der Waals surface area contributed by atoms with E-state index in [0.717, 1.165) is 19.0 Å². The van der Waals surface area contributed by atoms with Crippen molar-refractivity contribution < 1.29 is 0 Å². The summed E-state index contributed by atoms with van der Waals surface area (Å²) < 4.78 is 0. The molecule has 0 aromatic rings. The van der Waals surface area contributed by atoms with Crippen molar-refractivity contribution in [1.29, 1.82) is 0 Å². The number of rotatable bonds is 0. The molecule has 0 N–H and O–H groups in total. The lowest BCUT2D eigenvalue weighted by molar-refractivity contribution is 0.300. The van der Waals surface area contributed by atoms with Gasteiger partial charge in [0, 0.05) is 13.1 Å². The molecule has 2 unspecified atom stereocenters. The molecule has 2 heterocycles. The molecule has 0 amide bonds. The fraction of sp³-hybridized carbons (Fsp3) is 0.875. The van der Waals surface area contributed by atoms with Gasteiger partial charge in [-0.05, 0) is 31.4 Å². The van der Waals surface area contributed by atoms with Crippen molar-refractivity contribution in [3.63, 3.8) is 0 Å². The van der Waals surface area contributed by atoms with Crippen molar-refractivity contribution in [1.82, 2.24) is 5.32 Å². The van der Waals surface area contributed by atoms with Gasteiger partial charge >= 0.3 is 0 Å². The maximum absolute atomic E-state index is 4.43. The van der Waals surface area contributed by atoms with Crippen LogP contribution in [0.2, 0.25) is 0 Å². The maximum Gasteiger partial charge on any atom is 0.0665 e. The van der Waals surface area contributed by atoms with Gasteiger partial charge in [0.2, 0.25) is 0 Å². The molecule has 2 aliphatic heterocycles. The monoisotopic (exact) mass is 137 g/mol. The number of nitrogens with zero attached hydrogens (tertiary/aromatic N) is 2. The van der Waals surface area contributed by atoms with Crippen molar-refractivity contribution in [2.24, 2.45) is 10.9 Å². The summed E-state index contributed by atoms with van der Waals surface area (Å²) in [5.41, 5.74) is 0. The fourth-order valence-corrected chi connectivity index (χ4v) is 1.83. The molecule has 0 spiro atoms. The molecule has 2 heteroatoms. The van der Waals surface area contributed by atoms with Crippen LogP contribution in [0.3, 0.4) is 0 Å². The average molecular weight is 137 g/mol. The Labute approximate surface area is 61.7 Å². The van der Waals surface area contributed by atoms with Crippen molar-refractivity contribution in [2.75, 3.05) is 13.1 Å². The van der Waals surface area contributed by atoms with Crippen LogP contribution < -0.4 is 5.32 Å². The molecule has 0 aromatic carbocycles. The zero-order chi connectivity index (χ0) is 6.81. The largest absolute Gasteiger partial charge is 0.293 e. The van der Waals surface area contributed by atoms with E-state index in [0.29, 0.717) is 6.04 Å². The molecule has 2 atom stereocenters. The Morgan fingerprint density at radius 2 is 2.30 bits per heavy atom. The highest BCUT2D eigenvalue weighted by Gasteiger charge is 2.25. The van der Waals surface area contributed by atoms with Crippen molar-refractivity contribution in [3.8, 4) is 0 Å². The summed E-state index contributed by atoms with van der Waals surface area (Å²) in [7, 11) is 0. The van der Waals surface area contributed by atoms with Gasteiger partial charge in [-0.3, -0.25) is 4.99 Å². The van der Waals surface area contributed by atoms with Gasteiger partial charge in [-0.25, -0.2) is 5.32 Å². The molecule has 1 fully saturated rings. The number of hydrogen-bond acceptors (Lipinski definition) is 1. The smallest absolute Gasteiger partial charge is 0.0665 e. The summed E-state index contributed by atoms with van der Waals surface area (Å²) in [6.45, 7) is 2.07. The van der Waals surface area contributed by atoms with Crippen molar-refractivity contribution in [3.05, 3.63) is 0 Å². The Morgan fingerprint density at radius 3 is 3.20 bits per heavy atom. The second kappa shape index (κ2) is 2.70. The minimum absolute atomic E-state index is 0.558. The predicted octanol–water partition coefficient (Wildman–Crippen LogP) is 0.844. The second-order valence-corrected chi connectivity index (χ2v) is 3.15. The van der Waals surface area contributed by atoms with Crippen LogP contribution in [-0.4, -0.2) is 25.3 Å². The molecule has 0 aliphatic carbocycles. The summed E-state index contributed by atoms with van der Waals surface area (Å²) in [5, 5.41) is 4.35. The second-order valence-electron chi connectivity index (χ2n) is 3.15. The summed E-state index contributed by atoms with van der Waals surface area (Å²) in [5.74, 6) is 0.863. The van der Waals surface area contributed by atoms with E-state index in [-0.39, 0.29) is 0 Å². The highest BCUT2D eigenvalue weighted by molar-refractivity contribution is 5.58. The van der Waals surface area contributed by atoms with Crippen LogP contribution >= 0.6 is 0 Å². The Hall–Kier alpha value is -0.370. The van der Waals surface area contributed by atoms with E-state index in [2.05, 4.69) is 16.5 Å². The molecule has 0 saturated carbocycles. The zero-order valence-electron chi connectivity index (χ0n) is 6.16. The topological polar surface area (TPSA) is 26.5 Å². The van der Waals surface area contributed by atoms with E-state index in [1.165, 1.54) is 19.3 Å². The van der Waals surface area contributed by atoms with E-state index in [1.807, 2.05) is 0 Å². The minimum atomic E-state index is 0.558. The SMILES string of the molecule is C1=NC2C[N]CCC2CC1. The molecular weight excluding hydrogens is 124 g/mol. The van der Waals surface area contributed by atoms with Gasteiger partial charge in [0.15, 0.2) is 0 Å². The van der Waals surface area contributed by atoms with E-state index >= 15 is 0 Å². The van der Waals surface area contributed by atoms with E-state index in [1.54, 1.807) is 0 Å². The van der Waals surface area contributed by atoms with Crippen LogP contribution in [0.25, 0.3) is 0 Å². The Balaban J connectivity index is 2.03. The van der Waals surface area contributed by atoms with Crippen LogP contribution in [0.5, 0.6) is 0 Å². The molecule has 2 aliphatic rings. The van der Waals surface area contributed by atoms with Gasteiger partial charge in [-0.1, -0.05) is 0 Å². The highest BCUT2D eigenvalue weighted by atomic mass is 15.0.